The summed E-state index contributed by atoms with van der Waals surface area (Å²) in [5, 5.41) is 7.74. The molecule has 0 aliphatic carbocycles. The van der Waals surface area contributed by atoms with Gasteiger partial charge in [0.1, 0.15) is 6.54 Å². The van der Waals surface area contributed by atoms with Gasteiger partial charge in [-0.3, -0.25) is 4.79 Å². The third kappa shape index (κ3) is 2.78. The van der Waals surface area contributed by atoms with Gasteiger partial charge in [-0.2, -0.15) is 4.31 Å². The van der Waals surface area contributed by atoms with Crippen molar-refractivity contribution in [3.63, 3.8) is 0 Å². The van der Waals surface area contributed by atoms with Gasteiger partial charge in [-0.15, -0.1) is 0 Å². The third-order valence-corrected chi connectivity index (χ3v) is 3.58. The van der Waals surface area contributed by atoms with E-state index in [1.54, 1.807) is 0 Å². The Kier molecular flexibility index (Phi) is 3.66. The minimum absolute atomic E-state index is 0.486. The molecule has 0 saturated heterocycles. The van der Waals surface area contributed by atoms with Gasteiger partial charge in [-0.25, -0.2) is 8.42 Å². The largest absolute Gasteiger partial charge is 0.480 e. The lowest BCUT2D eigenvalue weighted by Crippen LogP contribution is -2.36. The second kappa shape index (κ2) is 3.86. The van der Waals surface area contributed by atoms with E-state index in [0.717, 1.165) is 4.31 Å². The lowest BCUT2D eigenvalue weighted by Gasteiger charge is -2.17. The van der Waals surface area contributed by atoms with Crippen LogP contribution in [0.15, 0.2) is 0 Å². The number of carboxylic acids is 1. The molecule has 1 N–H and O–H groups in total. The number of hydrogen-bond donors (Lipinski definition) is 1. The van der Waals surface area contributed by atoms with Gasteiger partial charge in [0.05, 0.1) is 5.25 Å². The van der Waals surface area contributed by atoms with Gasteiger partial charge >= 0.3 is 5.97 Å². The third-order valence-electron chi connectivity index (χ3n) is 1.39. The van der Waals surface area contributed by atoms with Crippen molar-refractivity contribution in [1.82, 2.24) is 4.31 Å². The number of likely N-dealkylation sites (N-methyl/N-ethyl adjacent to an activating group) is 1. The fourth-order valence-corrected chi connectivity index (χ4v) is 1.65. The lowest BCUT2D eigenvalue weighted by atomic mass is 10.6. The molecule has 0 aromatic rings. The molecule has 0 atom stereocenters. The van der Waals surface area contributed by atoms with Crippen molar-refractivity contribution < 1.29 is 18.3 Å². The standard InChI is InChI=1S/C6H13NO4S/c1-5(2)12(10,11)7(3)4-6(8)9/h5H,4H2,1-3H3,(H,8,9). The van der Waals surface area contributed by atoms with Crippen molar-refractivity contribution in [1.29, 1.82) is 0 Å². The topological polar surface area (TPSA) is 74.7 Å². The lowest BCUT2D eigenvalue weighted by molar-refractivity contribution is -0.137. The van der Waals surface area contributed by atoms with Crippen LogP contribution in [0.3, 0.4) is 0 Å². The number of sulfonamides is 1. The van der Waals surface area contributed by atoms with Gasteiger partial charge in [0.2, 0.25) is 10.0 Å². The average molecular weight is 195 g/mol. The highest BCUT2D eigenvalue weighted by atomic mass is 32.2. The maximum Gasteiger partial charge on any atom is 0.318 e. The summed E-state index contributed by atoms with van der Waals surface area (Å²) < 4.78 is 23.3. The molecule has 0 aromatic heterocycles. The van der Waals surface area contributed by atoms with Gasteiger partial charge in [0.15, 0.2) is 0 Å². The number of nitrogens with zero attached hydrogens (tertiary/aromatic N) is 1. The molecule has 12 heavy (non-hydrogen) atoms. The van der Waals surface area contributed by atoms with Crippen LogP contribution >= 0.6 is 0 Å². The van der Waals surface area contributed by atoms with E-state index in [2.05, 4.69) is 0 Å². The average Bonchev–Trinajstić information content (AvgIpc) is 1.85. The Labute approximate surface area is 72.0 Å². The van der Waals surface area contributed by atoms with Crippen molar-refractivity contribution in [2.45, 2.75) is 19.1 Å². The predicted molar refractivity (Wildman–Crippen MR) is 44.3 cm³/mol. The maximum absolute atomic E-state index is 11.2. The molecule has 0 bridgehead atoms. The molecule has 0 aromatic carbocycles. The van der Waals surface area contributed by atoms with Gasteiger partial charge < -0.3 is 5.11 Å². The van der Waals surface area contributed by atoms with E-state index in [1.807, 2.05) is 0 Å². The van der Waals surface area contributed by atoms with Gasteiger partial charge in [-0.05, 0) is 13.8 Å². The predicted octanol–water partition coefficient (Wildman–Crippen LogP) is -0.259. The van der Waals surface area contributed by atoms with Crippen LogP contribution in [0.2, 0.25) is 0 Å². The summed E-state index contributed by atoms with van der Waals surface area (Å²) in [5.74, 6) is -1.15. The van der Waals surface area contributed by atoms with Crippen LogP contribution in [-0.2, 0) is 14.8 Å². The zero-order valence-electron chi connectivity index (χ0n) is 7.31. The first-order valence-electron chi connectivity index (χ1n) is 3.45. The zero-order valence-corrected chi connectivity index (χ0v) is 8.13. The first-order valence-corrected chi connectivity index (χ1v) is 4.95. The van der Waals surface area contributed by atoms with Crippen LogP contribution in [0.1, 0.15) is 13.8 Å². The fourth-order valence-electron chi connectivity index (χ4n) is 0.640. The molecule has 0 saturated carbocycles. The Bertz CT molecular complexity index is 257. The van der Waals surface area contributed by atoms with Crippen LogP contribution in [0.25, 0.3) is 0 Å². The Hall–Kier alpha value is -0.620. The minimum Gasteiger partial charge on any atom is -0.480 e. The summed E-state index contributed by atoms with van der Waals surface area (Å²) in [6.07, 6.45) is 0. The Morgan fingerprint density at radius 1 is 1.50 bits per heavy atom. The molecule has 0 aliphatic heterocycles. The normalized spacial score (nSPS) is 12.4. The molecule has 6 heteroatoms. The zero-order chi connectivity index (χ0) is 9.94. The van der Waals surface area contributed by atoms with Crippen LogP contribution in [0, 0.1) is 0 Å². The molecule has 0 rings (SSSR count). The van der Waals surface area contributed by atoms with Crippen molar-refractivity contribution in [2.24, 2.45) is 0 Å². The first-order chi connectivity index (χ1) is 5.28. The number of hydrogen-bond acceptors (Lipinski definition) is 3. The molecule has 0 fully saturated rings. The highest BCUT2D eigenvalue weighted by molar-refractivity contribution is 7.89. The monoisotopic (exact) mass is 195 g/mol. The summed E-state index contributed by atoms with van der Waals surface area (Å²) >= 11 is 0. The Balaban J connectivity index is 4.48. The molecule has 0 radical (unpaired) electrons. The van der Waals surface area contributed by atoms with Crippen molar-refractivity contribution >= 4 is 16.0 Å². The maximum atomic E-state index is 11.2. The van der Waals surface area contributed by atoms with E-state index in [4.69, 9.17) is 5.11 Å². The number of carboxylic acid groups (broad SMARTS) is 1. The number of aliphatic carboxylic acids is 1. The molecule has 0 heterocycles. The smallest absolute Gasteiger partial charge is 0.318 e. The van der Waals surface area contributed by atoms with E-state index in [9.17, 15) is 13.2 Å². The number of carbonyl (C=O) groups is 1. The van der Waals surface area contributed by atoms with Crippen LogP contribution in [-0.4, -0.2) is 42.6 Å². The molecule has 0 unspecified atom stereocenters. The van der Waals surface area contributed by atoms with Crippen molar-refractivity contribution in [2.75, 3.05) is 13.6 Å². The highest BCUT2D eigenvalue weighted by Crippen LogP contribution is 2.04. The molecule has 5 nitrogen and oxygen atoms in total. The van der Waals surface area contributed by atoms with Crippen molar-refractivity contribution in [3.8, 4) is 0 Å². The molecule has 0 spiro atoms. The molecule has 0 aliphatic rings. The molecule has 72 valence electrons. The van der Waals surface area contributed by atoms with Crippen LogP contribution in [0.5, 0.6) is 0 Å². The highest BCUT2D eigenvalue weighted by Gasteiger charge is 2.23. The van der Waals surface area contributed by atoms with Gasteiger partial charge in [0.25, 0.3) is 0 Å². The molecular weight excluding hydrogens is 182 g/mol. The summed E-state index contributed by atoms with van der Waals surface area (Å²) in [5.41, 5.74) is 0. The molecular formula is C6H13NO4S. The second-order valence-electron chi connectivity index (χ2n) is 2.74. The Morgan fingerprint density at radius 2 is 1.92 bits per heavy atom. The van der Waals surface area contributed by atoms with E-state index in [0.29, 0.717) is 0 Å². The van der Waals surface area contributed by atoms with Crippen molar-refractivity contribution in [3.05, 3.63) is 0 Å². The minimum atomic E-state index is -3.42. The quantitative estimate of drug-likeness (QED) is 0.670. The summed E-state index contributed by atoms with van der Waals surface area (Å²) in [7, 11) is -2.17. The first kappa shape index (κ1) is 11.4. The van der Waals surface area contributed by atoms with Crippen LogP contribution in [0.4, 0.5) is 0 Å². The second-order valence-corrected chi connectivity index (χ2v) is 5.34. The van der Waals surface area contributed by atoms with Gasteiger partial charge in [-0.1, -0.05) is 0 Å². The summed E-state index contributed by atoms with van der Waals surface area (Å²) in [6, 6.07) is 0. The van der Waals surface area contributed by atoms with E-state index in [1.165, 1.54) is 20.9 Å². The fraction of sp³-hybridized carbons (Fsp3) is 0.833. The van der Waals surface area contributed by atoms with E-state index in [-0.39, 0.29) is 0 Å². The van der Waals surface area contributed by atoms with E-state index < -0.39 is 27.8 Å². The Morgan fingerprint density at radius 3 is 2.17 bits per heavy atom. The SMILES string of the molecule is CC(C)S(=O)(=O)N(C)CC(=O)O. The van der Waals surface area contributed by atoms with Crippen LogP contribution < -0.4 is 0 Å². The molecule has 0 amide bonds. The van der Waals surface area contributed by atoms with Gasteiger partial charge in [0, 0.05) is 7.05 Å². The summed E-state index contributed by atoms with van der Waals surface area (Å²) in [4.78, 5) is 10.2. The summed E-state index contributed by atoms with van der Waals surface area (Å²) in [6.45, 7) is 2.53. The van der Waals surface area contributed by atoms with E-state index >= 15 is 0 Å². The number of rotatable bonds is 4.